The number of benzene rings is 3. The zero-order valence-electron chi connectivity index (χ0n) is 18.0. The maximum absolute atomic E-state index is 13.0. The summed E-state index contributed by atoms with van der Waals surface area (Å²) >= 11 is 7.46. The van der Waals surface area contributed by atoms with Gasteiger partial charge in [-0.1, -0.05) is 71.9 Å². The maximum atomic E-state index is 13.0. The molecule has 34 heavy (non-hydrogen) atoms. The van der Waals surface area contributed by atoms with Gasteiger partial charge >= 0.3 is 0 Å². The predicted octanol–water partition coefficient (Wildman–Crippen LogP) is 5.15. The first-order valence-electron chi connectivity index (χ1n) is 10.4. The second kappa shape index (κ2) is 11.4. The van der Waals surface area contributed by atoms with Crippen LogP contribution in [0.1, 0.15) is 5.82 Å². The van der Waals surface area contributed by atoms with Crippen LogP contribution in [0.15, 0.2) is 90.1 Å². The van der Waals surface area contributed by atoms with Crippen LogP contribution in [0.5, 0.6) is 5.75 Å². The zero-order valence-corrected chi connectivity index (χ0v) is 19.6. The summed E-state index contributed by atoms with van der Waals surface area (Å²) in [6.45, 7) is 0.108. The van der Waals surface area contributed by atoms with Gasteiger partial charge in [-0.2, -0.15) is 5.26 Å². The molecular formula is C25H20ClN5O2S. The molecule has 0 N–H and O–H groups in total. The highest BCUT2D eigenvalue weighted by molar-refractivity contribution is 7.99. The summed E-state index contributed by atoms with van der Waals surface area (Å²) in [5, 5.41) is 18.9. The molecule has 0 fully saturated rings. The fourth-order valence-electron chi connectivity index (χ4n) is 3.23. The monoisotopic (exact) mass is 489 g/mol. The van der Waals surface area contributed by atoms with Gasteiger partial charge in [-0.05, 0) is 36.4 Å². The molecule has 1 amide bonds. The number of aromatic nitrogens is 3. The maximum Gasteiger partial charge on any atom is 0.238 e. The van der Waals surface area contributed by atoms with Crippen molar-refractivity contribution in [2.45, 2.75) is 11.8 Å². The van der Waals surface area contributed by atoms with Crippen molar-refractivity contribution in [3.63, 3.8) is 0 Å². The third-order valence-corrected chi connectivity index (χ3v) is 6.06. The Morgan fingerprint density at radius 3 is 2.38 bits per heavy atom. The van der Waals surface area contributed by atoms with Gasteiger partial charge in [0, 0.05) is 11.4 Å². The van der Waals surface area contributed by atoms with Crippen LogP contribution >= 0.6 is 23.4 Å². The first kappa shape index (κ1) is 23.4. The largest absolute Gasteiger partial charge is 0.484 e. The number of thioether (sulfide) groups is 1. The number of carbonyl (C=O) groups excluding carboxylic acids is 1. The molecule has 0 aliphatic heterocycles. The lowest BCUT2D eigenvalue weighted by atomic mass is 10.3. The number of hydrogen-bond acceptors (Lipinski definition) is 6. The molecule has 0 unspecified atom stereocenters. The van der Waals surface area contributed by atoms with E-state index in [1.54, 1.807) is 24.3 Å². The van der Waals surface area contributed by atoms with Crippen molar-refractivity contribution in [2.75, 3.05) is 17.2 Å². The molecule has 0 atom stereocenters. The minimum Gasteiger partial charge on any atom is -0.484 e. The topological polar surface area (TPSA) is 84.0 Å². The van der Waals surface area contributed by atoms with Crippen molar-refractivity contribution >= 4 is 35.0 Å². The first-order valence-corrected chi connectivity index (χ1v) is 11.8. The van der Waals surface area contributed by atoms with E-state index in [1.807, 2.05) is 65.2 Å². The first-order chi connectivity index (χ1) is 16.7. The van der Waals surface area contributed by atoms with Crippen LogP contribution in [-0.4, -0.2) is 33.0 Å². The molecule has 0 aliphatic carbocycles. The third-order valence-electron chi connectivity index (χ3n) is 4.83. The van der Waals surface area contributed by atoms with Gasteiger partial charge in [-0.3, -0.25) is 14.3 Å². The number of amides is 1. The van der Waals surface area contributed by atoms with Gasteiger partial charge in [-0.15, -0.1) is 10.2 Å². The number of para-hydroxylation sites is 3. The highest BCUT2D eigenvalue weighted by Crippen LogP contribution is 2.27. The minimum atomic E-state index is -0.200. The predicted molar refractivity (Wildman–Crippen MR) is 132 cm³/mol. The number of nitriles is 1. The quantitative estimate of drug-likeness (QED) is 0.239. The Balaban J connectivity index is 1.55. The van der Waals surface area contributed by atoms with Crippen LogP contribution in [0.2, 0.25) is 5.02 Å². The zero-order chi connectivity index (χ0) is 23.8. The van der Waals surface area contributed by atoms with Gasteiger partial charge in [0.1, 0.15) is 18.9 Å². The average molecular weight is 490 g/mol. The summed E-state index contributed by atoms with van der Waals surface area (Å²) in [5.41, 5.74) is 1.52. The molecule has 4 rings (SSSR count). The van der Waals surface area contributed by atoms with Crippen LogP contribution in [0.3, 0.4) is 0 Å². The molecule has 3 aromatic carbocycles. The van der Waals surface area contributed by atoms with Gasteiger partial charge < -0.3 is 4.74 Å². The van der Waals surface area contributed by atoms with Gasteiger partial charge in [-0.25, -0.2) is 0 Å². The molecule has 170 valence electrons. The standard InChI is InChI=1S/C25H20ClN5O2S/c26-21-13-7-8-14-22(21)33-17-23-28-29-25(31(23)20-11-5-2-6-12-20)34-18-24(32)30(16-15-27)19-9-3-1-4-10-19/h1-14H,16-18H2. The van der Waals surface area contributed by atoms with E-state index in [1.165, 1.54) is 16.7 Å². The molecule has 9 heteroatoms. The minimum absolute atomic E-state index is 0.0360. The van der Waals surface area contributed by atoms with Crippen LogP contribution in [-0.2, 0) is 11.4 Å². The Hall–Kier alpha value is -3.80. The lowest BCUT2D eigenvalue weighted by molar-refractivity contribution is -0.116. The van der Waals surface area contributed by atoms with E-state index in [0.29, 0.717) is 27.4 Å². The molecule has 1 heterocycles. The number of halogens is 1. The van der Waals surface area contributed by atoms with E-state index in [9.17, 15) is 10.1 Å². The number of ether oxygens (including phenoxy) is 1. The van der Waals surface area contributed by atoms with Crippen molar-refractivity contribution in [2.24, 2.45) is 0 Å². The molecular weight excluding hydrogens is 470 g/mol. The molecule has 0 aliphatic rings. The molecule has 0 saturated carbocycles. The number of anilines is 1. The number of carbonyl (C=O) groups is 1. The fourth-order valence-corrected chi connectivity index (χ4v) is 4.27. The highest BCUT2D eigenvalue weighted by Gasteiger charge is 2.20. The molecule has 0 spiro atoms. The van der Waals surface area contributed by atoms with Crippen molar-refractivity contribution < 1.29 is 9.53 Å². The highest BCUT2D eigenvalue weighted by atomic mass is 35.5. The van der Waals surface area contributed by atoms with Crippen molar-refractivity contribution in [1.29, 1.82) is 5.26 Å². The molecule has 0 saturated heterocycles. The van der Waals surface area contributed by atoms with Gasteiger partial charge in [0.15, 0.2) is 11.0 Å². The second-order valence-electron chi connectivity index (χ2n) is 7.05. The molecule has 0 bridgehead atoms. The fraction of sp³-hybridized carbons (Fsp3) is 0.120. The van der Waals surface area contributed by atoms with Gasteiger partial charge in [0.05, 0.1) is 16.8 Å². The van der Waals surface area contributed by atoms with Crippen LogP contribution < -0.4 is 9.64 Å². The van der Waals surface area contributed by atoms with E-state index in [4.69, 9.17) is 16.3 Å². The normalized spacial score (nSPS) is 10.5. The number of hydrogen-bond donors (Lipinski definition) is 0. The smallest absolute Gasteiger partial charge is 0.238 e. The van der Waals surface area contributed by atoms with E-state index in [-0.39, 0.29) is 24.8 Å². The van der Waals surface area contributed by atoms with Crippen molar-refractivity contribution in [3.8, 4) is 17.5 Å². The molecule has 0 radical (unpaired) electrons. The van der Waals surface area contributed by atoms with Crippen molar-refractivity contribution in [3.05, 3.63) is 95.8 Å². The summed E-state index contributed by atoms with van der Waals surface area (Å²) in [7, 11) is 0. The SMILES string of the molecule is N#CCN(C(=O)CSc1nnc(COc2ccccc2Cl)n1-c1ccccc1)c1ccccc1. The van der Waals surface area contributed by atoms with Crippen LogP contribution in [0, 0.1) is 11.3 Å². The number of nitrogens with zero attached hydrogens (tertiary/aromatic N) is 5. The Morgan fingerprint density at radius 1 is 1.00 bits per heavy atom. The number of rotatable bonds is 9. The Bertz CT molecular complexity index is 1290. The molecule has 1 aromatic heterocycles. The summed E-state index contributed by atoms with van der Waals surface area (Å²) in [6.07, 6.45) is 0. The van der Waals surface area contributed by atoms with E-state index in [0.717, 1.165) is 5.69 Å². The van der Waals surface area contributed by atoms with E-state index < -0.39 is 0 Å². The summed E-state index contributed by atoms with van der Waals surface area (Å²) < 4.78 is 7.73. The summed E-state index contributed by atoms with van der Waals surface area (Å²) in [4.78, 5) is 14.4. The summed E-state index contributed by atoms with van der Waals surface area (Å²) in [6, 6.07) is 28.0. The lowest BCUT2D eigenvalue weighted by Gasteiger charge is -2.19. The Morgan fingerprint density at radius 2 is 1.68 bits per heavy atom. The Labute approximate surface area is 206 Å². The van der Waals surface area contributed by atoms with Crippen LogP contribution in [0.4, 0.5) is 5.69 Å². The van der Waals surface area contributed by atoms with Gasteiger partial charge in [0.2, 0.25) is 5.91 Å². The van der Waals surface area contributed by atoms with Crippen molar-refractivity contribution in [1.82, 2.24) is 14.8 Å². The molecule has 4 aromatic rings. The summed E-state index contributed by atoms with van der Waals surface area (Å²) in [5.74, 6) is 1.01. The van der Waals surface area contributed by atoms with E-state index >= 15 is 0 Å². The van der Waals surface area contributed by atoms with Gasteiger partial charge in [0.25, 0.3) is 0 Å². The third kappa shape index (κ3) is 5.57. The lowest BCUT2D eigenvalue weighted by Crippen LogP contribution is -2.32. The van der Waals surface area contributed by atoms with Crippen LogP contribution in [0.25, 0.3) is 5.69 Å². The average Bonchev–Trinajstić information content (AvgIpc) is 3.29. The van der Waals surface area contributed by atoms with E-state index in [2.05, 4.69) is 16.3 Å². The molecule has 7 nitrogen and oxygen atoms in total. The second-order valence-corrected chi connectivity index (χ2v) is 8.40. The Kier molecular flexibility index (Phi) is 7.81.